The number of nitrogens with zero attached hydrogens (tertiary/aromatic N) is 2. The summed E-state index contributed by atoms with van der Waals surface area (Å²) < 4.78 is 6.39. The van der Waals surface area contributed by atoms with Crippen molar-refractivity contribution in [1.29, 1.82) is 0 Å². The predicted molar refractivity (Wildman–Crippen MR) is 221 cm³/mol. The molecule has 0 amide bonds. The van der Waals surface area contributed by atoms with Crippen LogP contribution in [0.2, 0.25) is 0 Å². The molecule has 246 valence electrons. The van der Waals surface area contributed by atoms with Gasteiger partial charge in [-0.15, -0.1) is 0 Å². The third kappa shape index (κ3) is 4.82. The lowest BCUT2D eigenvalue weighted by atomic mass is 9.92. The Labute approximate surface area is 305 Å². The van der Waals surface area contributed by atoms with E-state index in [-0.39, 0.29) is 0 Å². The minimum Gasteiger partial charge on any atom is -0.455 e. The first kappa shape index (κ1) is 29.6. The van der Waals surface area contributed by atoms with Gasteiger partial charge in [-0.1, -0.05) is 152 Å². The largest absolute Gasteiger partial charge is 0.455 e. The Balaban J connectivity index is 1.07. The minimum absolute atomic E-state index is 0.715. The van der Waals surface area contributed by atoms with Crippen molar-refractivity contribution in [3.8, 4) is 45.0 Å². The number of benzene rings is 9. The number of hydrogen-bond acceptors (Lipinski definition) is 3. The molecule has 0 N–H and O–H groups in total. The molecule has 0 atom stereocenters. The highest BCUT2D eigenvalue weighted by Gasteiger charge is 2.18. The Kier molecular flexibility index (Phi) is 6.55. The van der Waals surface area contributed by atoms with Crippen molar-refractivity contribution in [2.75, 3.05) is 0 Å². The molecule has 11 aromatic rings. The van der Waals surface area contributed by atoms with Gasteiger partial charge in [0.15, 0.2) is 5.82 Å². The normalized spacial score (nSPS) is 11.8. The van der Waals surface area contributed by atoms with Gasteiger partial charge in [-0.05, 0) is 79.2 Å². The summed E-state index contributed by atoms with van der Waals surface area (Å²) >= 11 is 0. The molecule has 0 bridgehead atoms. The van der Waals surface area contributed by atoms with E-state index in [4.69, 9.17) is 14.4 Å². The van der Waals surface area contributed by atoms with Crippen molar-refractivity contribution < 1.29 is 4.42 Å². The van der Waals surface area contributed by atoms with Gasteiger partial charge in [0, 0.05) is 32.8 Å². The van der Waals surface area contributed by atoms with Crippen LogP contribution in [0.25, 0.3) is 110 Å². The molecule has 0 spiro atoms. The maximum Gasteiger partial charge on any atom is 0.161 e. The number of fused-ring (bicyclic) bond motifs is 9. The van der Waals surface area contributed by atoms with Crippen LogP contribution >= 0.6 is 0 Å². The van der Waals surface area contributed by atoms with Crippen LogP contribution in [0.15, 0.2) is 186 Å². The highest BCUT2D eigenvalue weighted by molar-refractivity contribution is 6.19. The lowest BCUT2D eigenvalue weighted by molar-refractivity contribution is 0.672. The molecule has 53 heavy (non-hydrogen) atoms. The van der Waals surface area contributed by atoms with Gasteiger partial charge in [0.25, 0.3) is 0 Å². The highest BCUT2D eigenvalue weighted by Crippen LogP contribution is 2.40. The van der Waals surface area contributed by atoms with Crippen LogP contribution in [0.3, 0.4) is 0 Å². The van der Waals surface area contributed by atoms with Gasteiger partial charge >= 0.3 is 0 Å². The molecule has 0 unspecified atom stereocenters. The summed E-state index contributed by atoms with van der Waals surface area (Å²) in [7, 11) is 0. The summed E-state index contributed by atoms with van der Waals surface area (Å²) in [4.78, 5) is 10.6. The fraction of sp³-hybridized carbons (Fsp3) is 0. The molecule has 0 aliphatic carbocycles. The van der Waals surface area contributed by atoms with E-state index < -0.39 is 0 Å². The molecule has 0 saturated carbocycles. The summed E-state index contributed by atoms with van der Waals surface area (Å²) in [5.41, 5.74) is 9.01. The first-order chi connectivity index (χ1) is 26.2. The third-order valence-electron chi connectivity index (χ3n) is 10.7. The molecular weight excluding hydrogens is 645 g/mol. The van der Waals surface area contributed by atoms with Crippen molar-refractivity contribution in [3.05, 3.63) is 182 Å². The van der Waals surface area contributed by atoms with Crippen molar-refractivity contribution in [2.24, 2.45) is 0 Å². The number of aromatic nitrogens is 2. The third-order valence-corrected chi connectivity index (χ3v) is 10.7. The SMILES string of the molecule is c1ccc(-c2cc(-c3ccc(-c4ccc5oc6c7ccccc7ccc6c5c4)cc3)nc(-c3c4ccccc4cc4c3ccc3ccccc34)n2)cc1. The number of furan rings is 1. The molecule has 3 heteroatoms. The van der Waals surface area contributed by atoms with Gasteiger partial charge in [-0.25, -0.2) is 9.97 Å². The quantitative estimate of drug-likeness (QED) is 0.138. The van der Waals surface area contributed by atoms with Crippen molar-refractivity contribution >= 4 is 65.0 Å². The zero-order valence-electron chi connectivity index (χ0n) is 28.6. The molecule has 0 saturated heterocycles. The zero-order valence-corrected chi connectivity index (χ0v) is 28.6. The van der Waals surface area contributed by atoms with Crippen LogP contribution in [-0.4, -0.2) is 9.97 Å². The maximum atomic E-state index is 6.39. The summed E-state index contributed by atoms with van der Waals surface area (Å²) in [5.74, 6) is 0.715. The molecule has 11 rings (SSSR count). The molecule has 0 radical (unpaired) electrons. The molecule has 3 nitrogen and oxygen atoms in total. The van der Waals surface area contributed by atoms with E-state index >= 15 is 0 Å². The lowest BCUT2D eigenvalue weighted by Crippen LogP contribution is -1.98. The van der Waals surface area contributed by atoms with Gasteiger partial charge in [-0.3, -0.25) is 0 Å². The predicted octanol–water partition coefficient (Wildman–Crippen LogP) is 13.7. The lowest BCUT2D eigenvalue weighted by Gasteiger charge is -2.15. The summed E-state index contributed by atoms with van der Waals surface area (Å²) in [5, 5.41) is 11.7. The van der Waals surface area contributed by atoms with Crippen LogP contribution in [-0.2, 0) is 0 Å². The van der Waals surface area contributed by atoms with Crippen LogP contribution in [0.1, 0.15) is 0 Å². The van der Waals surface area contributed by atoms with Gasteiger partial charge in [0.2, 0.25) is 0 Å². The summed E-state index contributed by atoms with van der Waals surface area (Å²) in [6, 6.07) is 64.4. The highest BCUT2D eigenvalue weighted by atomic mass is 16.3. The fourth-order valence-corrected chi connectivity index (χ4v) is 8.04. The van der Waals surface area contributed by atoms with Crippen LogP contribution in [0.5, 0.6) is 0 Å². The molecule has 0 aliphatic heterocycles. The van der Waals surface area contributed by atoms with Crippen LogP contribution in [0.4, 0.5) is 0 Å². The minimum atomic E-state index is 0.715. The molecule has 0 aliphatic rings. The van der Waals surface area contributed by atoms with E-state index in [0.29, 0.717) is 5.82 Å². The van der Waals surface area contributed by atoms with E-state index in [9.17, 15) is 0 Å². The average molecular weight is 675 g/mol. The molecular formula is C50H30N2O. The van der Waals surface area contributed by atoms with Gasteiger partial charge in [0.1, 0.15) is 11.2 Å². The first-order valence-electron chi connectivity index (χ1n) is 18.0. The smallest absolute Gasteiger partial charge is 0.161 e. The van der Waals surface area contributed by atoms with E-state index in [1.807, 2.05) is 6.07 Å². The van der Waals surface area contributed by atoms with Gasteiger partial charge in [0.05, 0.1) is 11.4 Å². The molecule has 2 aromatic heterocycles. The second-order valence-corrected chi connectivity index (χ2v) is 13.7. The van der Waals surface area contributed by atoms with E-state index in [1.54, 1.807) is 0 Å². The van der Waals surface area contributed by atoms with E-state index in [2.05, 4.69) is 176 Å². The summed E-state index contributed by atoms with van der Waals surface area (Å²) in [6.07, 6.45) is 0. The van der Waals surface area contributed by atoms with Crippen molar-refractivity contribution in [1.82, 2.24) is 9.97 Å². The Hall–Kier alpha value is -7.10. The molecule has 2 heterocycles. The van der Waals surface area contributed by atoms with Crippen molar-refractivity contribution in [2.45, 2.75) is 0 Å². The fourth-order valence-electron chi connectivity index (χ4n) is 8.04. The Morgan fingerprint density at radius 3 is 1.68 bits per heavy atom. The van der Waals surface area contributed by atoms with E-state index in [0.717, 1.165) is 77.3 Å². The topological polar surface area (TPSA) is 38.9 Å². The van der Waals surface area contributed by atoms with Crippen LogP contribution < -0.4 is 0 Å². The Bertz CT molecular complexity index is 3210. The van der Waals surface area contributed by atoms with Gasteiger partial charge < -0.3 is 4.42 Å². The van der Waals surface area contributed by atoms with Crippen LogP contribution in [0, 0.1) is 0 Å². The Morgan fingerprint density at radius 1 is 0.321 bits per heavy atom. The Morgan fingerprint density at radius 2 is 0.906 bits per heavy atom. The average Bonchev–Trinajstić information content (AvgIpc) is 3.61. The second-order valence-electron chi connectivity index (χ2n) is 13.7. The second kappa shape index (κ2) is 11.7. The monoisotopic (exact) mass is 674 g/mol. The number of hydrogen-bond donors (Lipinski definition) is 0. The van der Waals surface area contributed by atoms with E-state index in [1.165, 1.54) is 26.9 Å². The standard InChI is InChI=1S/C50H30N2O/c1-2-12-34(13-3-1)45-30-46(52-50(51-45)48-39-16-8-6-14-37(39)29-43-38-15-7-4-10-32(38)22-25-41(43)48)35-20-18-31(19-21-35)36-24-27-47-44(28-36)42-26-23-33-11-5-9-17-40(33)49(42)53-47/h1-30H. The van der Waals surface area contributed by atoms with Gasteiger partial charge in [-0.2, -0.15) is 0 Å². The zero-order chi connectivity index (χ0) is 34.9. The maximum absolute atomic E-state index is 6.39. The molecule has 9 aromatic carbocycles. The first-order valence-corrected chi connectivity index (χ1v) is 18.0. The summed E-state index contributed by atoms with van der Waals surface area (Å²) in [6.45, 7) is 0. The number of rotatable bonds is 4. The van der Waals surface area contributed by atoms with Crippen molar-refractivity contribution in [3.63, 3.8) is 0 Å². The molecule has 0 fully saturated rings.